The molecule has 0 spiro atoms. The fourth-order valence-electron chi connectivity index (χ4n) is 1.14. The molecule has 2 rings (SSSR count). The average Bonchev–Trinajstić information content (AvgIpc) is 2.21. The van der Waals surface area contributed by atoms with Crippen molar-refractivity contribution in [3.8, 4) is 0 Å². The second-order valence-electron chi connectivity index (χ2n) is 2.58. The van der Waals surface area contributed by atoms with Crippen molar-refractivity contribution < 1.29 is 0 Å². The van der Waals surface area contributed by atoms with Gasteiger partial charge in [0.15, 0.2) is 0 Å². The maximum atomic E-state index is 4.18. The van der Waals surface area contributed by atoms with Gasteiger partial charge in [-0.25, -0.2) is 0 Å². The molecule has 0 saturated carbocycles. The maximum absolute atomic E-state index is 4.18. The van der Waals surface area contributed by atoms with Crippen LogP contribution >= 0.6 is 0 Å². The van der Waals surface area contributed by atoms with Gasteiger partial charge in [-0.3, -0.25) is 5.43 Å². The molecule has 1 atom stereocenters. The Morgan fingerprint density at radius 3 is 3.20 bits per heavy atom. The molecule has 1 aromatic rings. The van der Waals surface area contributed by atoms with Gasteiger partial charge >= 0.3 is 0 Å². The van der Waals surface area contributed by atoms with Crippen LogP contribution in [0.3, 0.4) is 0 Å². The molecule has 0 fully saturated rings. The van der Waals surface area contributed by atoms with Gasteiger partial charge in [-0.15, -0.1) is 0 Å². The number of fused-ring (bicyclic) bond motifs is 1. The monoisotopic (exact) mass is 138 g/mol. The lowest BCUT2D eigenvalue weighted by atomic mass is 10.5. The Bertz CT molecular complexity index is 229. The van der Waals surface area contributed by atoms with Gasteiger partial charge in [0.1, 0.15) is 12.0 Å². The van der Waals surface area contributed by atoms with Crippen molar-refractivity contribution in [1.29, 1.82) is 0 Å². The summed E-state index contributed by atoms with van der Waals surface area (Å²) >= 11 is 0. The Morgan fingerprint density at radius 2 is 2.50 bits per heavy atom. The summed E-state index contributed by atoms with van der Waals surface area (Å²) in [6.45, 7) is 4.02. The number of aryl methyl sites for hydroxylation is 1. The molecule has 1 aromatic heterocycles. The van der Waals surface area contributed by atoms with Gasteiger partial charge in [0.2, 0.25) is 0 Å². The van der Waals surface area contributed by atoms with E-state index in [0.29, 0.717) is 6.17 Å². The van der Waals surface area contributed by atoms with Crippen molar-refractivity contribution in [3.63, 3.8) is 0 Å². The molecule has 0 aliphatic carbocycles. The maximum Gasteiger partial charge on any atom is 0.149 e. The number of aromatic nitrogens is 2. The van der Waals surface area contributed by atoms with Crippen LogP contribution in [0.25, 0.3) is 0 Å². The molecule has 0 saturated heterocycles. The summed E-state index contributed by atoms with van der Waals surface area (Å²) in [6, 6.07) is 2.01. The second-order valence-corrected chi connectivity index (χ2v) is 2.58. The highest BCUT2D eigenvalue weighted by Gasteiger charge is 2.15. The van der Waals surface area contributed by atoms with E-state index in [1.54, 1.807) is 4.79 Å². The molecule has 4 nitrogen and oxygen atoms in total. The summed E-state index contributed by atoms with van der Waals surface area (Å²) in [4.78, 5) is 1.76. The highest BCUT2D eigenvalue weighted by molar-refractivity contribution is 5.42. The minimum absolute atomic E-state index is 0.295. The summed E-state index contributed by atoms with van der Waals surface area (Å²) in [5.74, 6) is 1.05. The third-order valence-electron chi connectivity index (χ3n) is 1.51. The van der Waals surface area contributed by atoms with Gasteiger partial charge < -0.3 is 5.32 Å². The SMILES string of the molecule is Cc1cc2n(n1)NC(C)N2. The average molecular weight is 138 g/mol. The van der Waals surface area contributed by atoms with Crippen molar-refractivity contribution in [2.75, 3.05) is 10.7 Å². The second kappa shape index (κ2) is 1.65. The van der Waals surface area contributed by atoms with E-state index in [1.165, 1.54) is 0 Å². The molecule has 0 bridgehead atoms. The van der Waals surface area contributed by atoms with E-state index in [0.717, 1.165) is 11.5 Å². The molecule has 54 valence electrons. The fourth-order valence-corrected chi connectivity index (χ4v) is 1.14. The van der Waals surface area contributed by atoms with Crippen LogP contribution in [0.15, 0.2) is 6.07 Å². The molecule has 2 N–H and O–H groups in total. The lowest BCUT2D eigenvalue weighted by molar-refractivity contribution is 0.740. The number of hydrogen-bond acceptors (Lipinski definition) is 3. The molecule has 10 heavy (non-hydrogen) atoms. The number of anilines is 1. The van der Waals surface area contributed by atoms with Crippen LogP contribution in [0.4, 0.5) is 5.82 Å². The molecule has 0 radical (unpaired) electrons. The largest absolute Gasteiger partial charge is 0.348 e. The van der Waals surface area contributed by atoms with Gasteiger partial charge in [-0.2, -0.15) is 9.89 Å². The van der Waals surface area contributed by atoms with E-state index >= 15 is 0 Å². The van der Waals surface area contributed by atoms with Crippen LogP contribution < -0.4 is 10.7 Å². The first-order valence-corrected chi connectivity index (χ1v) is 3.35. The predicted octanol–water partition coefficient (Wildman–Crippen LogP) is 0.507. The molecule has 1 aliphatic rings. The topological polar surface area (TPSA) is 41.9 Å². The van der Waals surface area contributed by atoms with Crippen LogP contribution in [-0.2, 0) is 0 Å². The first-order valence-electron chi connectivity index (χ1n) is 3.35. The van der Waals surface area contributed by atoms with Gasteiger partial charge in [0, 0.05) is 6.07 Å². The van der Waals surface area contributed by atoms with E-state index in [1.807, 2.05) is 19.9 Å². The first-order chi connectivity index (χ1) is 4.75. The smallest absolute Gasteiger partial charge is 0.149 e. The highest BCUT2D eigenvalue weighted by atomic mass is 15.6. The van der Waals surface area contributed by atoms with Crippen LogP contribution in [0.2, 0.25) is 0 Å². The normalized spacial score (nSPS) is 21.6. The zero-order valence-electron chi connectivity index (χ0n) is 6.05. The van der Waals surface area contributed by atoms with Crippen LogP contribution in [0.1, 0.15) is 12.6 Å². The number of rotatable bonds is 0. The molecule has 1 unspecified atom stereocenters. The molecule has 4 heteroatoms. The molecular weight excluding hydrogens is 128 g/mol. The summed E-state index contributed by atoms with van der Waals surface area (Å²) in [6.07, 6.45) is 0.295. The Balaban J connectivity index is 2.39. The van der Waals surface area contributed by atoms with Crippen molar-refractivity contribution in [3.05, 3.63) is 11.8 Å². The van der Waals surface area contributed by atoms with Crippen molar-refractivity contribution >= 4 is 5.82 Å². The van der Waals surface area contributed by atoms with Crippen LogP contribution in [-0.4, -0.2) is 16.1 Å². The van der Waals surface area contributed by atoms with Crippen LogP contribution in [0.5, 0.6) is 0 Å². The summed E-state index contributed by atoms with van der Waals surface area (Å²) in [7, 11) is 0. The fraction of sp³-hybridized carbons (Fsp3) is 0.500. The summed E-state index contributed by atoms with van der Waals surface area (Å²) in [5.41, 5.74) is 4.14. The van der Waals surface area contributed by atoms with E-state index in [2.05, 4.69) is 15.8 Å². The lowest BCUT2D eigenvalue weighted by Crippen LogP contribution is -2.22. The number of hydrogen-bond donors (Lipinski definition) is 2. The van der Waals surface area contributed by atoms with Crippen molar-refractivity contribution in [1.82, 2.24) is 9.89 Å². The van der Waals surface area contributed by atoms with Gasteiger partial charge in [-0.1, -0.05) is 0 Å². The lowest BCUT2D eigenvalue weighted by Gasteiger charge is -2.01. The minimum Gasteiger partial charge on any atom is -0.348 e. The Kier molecular flexibility index (Phi) is 0.922. The van der Waals surface area contributed by atoms with E-state index in [9.17, 15) is 0 Å². The molecular formula is C6H10N4. The van der Waals surface area contributed by atoms with E-state index < -0.39 is 0 Å². The Labute approximate surface area is 59.2 Å². The van der Waals surface area contributed by atoms with Crippen molar-refractivity contribution in [2.45, 2.75) is 20.0 Å². The predicted molar refractivity (Wildman–Crippen MR) is 39.4 cm³/mol. The Morgan fingerprint density at radius 1 is 1.70 bits per heavy atom. The van der Waals surface area contributed by atoms with Crippen molar-refractivity contribution in [2.24, 2.45) is 0 Å². The Hall–Kier alpha value is -1.19. The molecule has 0 aromatic carbocycles. The van der Waals surface area contributed by atoms with E-state index in [-0.39, 0.29) is 0 Å². The summed E-state index contributed by atoms with van der Waals surface area (Å²) < 4.78 is 0. The molecule has 2 heterocycles. The highest BCUT2D eigenvalue weighted by Crippen LogP contribution is 2.14. The van der Waals surface area contributed by atoms with Gasteiger partial charge in [0.25, 0.3) is 0 Å². The third-order valence-corrected chi connectivity index (χ3v) is 1.51. The van der Waals surface area contributed by atoms with Gasteiger partial charge in [0.05, 0.1) is 5.69 Å². The summed E-state index contributed by atoms with van der Waals surface area (Å²) in [5, 5.41) is 7.39. The zero-order chi connectivity index (χ0) is 7.14. The standard InChI is InChI=1S/C6H10N4/c1-4-3-6-7-5(2)9-10(6)8-4/h3,5,7,9H,1-2H3. The first kappa shape index (κ1) is 5.58. The number of nitrogens with one attached hydrogen (secondary N) is 2. The van der Waals surface area contributed by atoms with Crippen LogP contribution in [0, 0.1) is 6.92 Å². The molecule has 1 aliphatic heterocycles. The molecule has 0 amide bonds. The number of nitrogens with zero attached hydrogens (tertiary/aromatic N) is 2. The third kappa shape index (κ3) is 0.650. The van der Waals surface area contributed by atoms with E-state index in [4.69, 9.17) is 0 Å². The zero-order valence-corrected chi connectivity index (χ0v) is 6.05. The quantitative estimate of drug-likeness (QED) is 0.548. The van der Waals surface area contributed by atoms with Gasteiger partial charge in [-0.05, 0) is 13.8 Å². The minimum atomic E-state index is 0.295.